The number of aliphatic hydroxyl groups is 1. The molecule has 0 bridgehead atoms. The Morgan fingerprint density at radius 3 is 2.56 bits per heavy atom. The second-order valence-corrected chi connectivity index (χ2v) is 4.48. The molecule has 4 nitrogen and oxygen atoms in total. The minimum absolute atomic E-state index is 0.0194. The lowest BCUT2D eigenvalue weighted by molar-refractivity contribution is 0.0607. The molecule has 18 heavy (non-hydrogen) atoms. The molecule has 2 N–H and O–H groups in total. The molecule has 0 heterocycles. The number of amides is 1. The highest BCUT2D eigenvalue weighted by atomic mass is 79.9. The molecule has 1 aromatic rings. The number of halogens is 3. The first-order valence-electron chi connectivity index (χ1n) is 5.05. The van der Waals surface area contributed by atoms with Crippen LogP contribution < -0.4 is 5.32 Å². The van der Waals surface area contributed by atoms with Gasteiger partial charge < -0.3 is 15.2 Å². The van der Waals surface area contributed by atoms with E-state index in [0.29, 0.717) is 0 Å². The van der Waals surface area contributed by atoms with Gasteiger partial charge in [0.25, 0.3) is 5.91 Å². The average molecular weight is 324 g/mol. The summed E-state index contributed by atoms with van der Waals surface area (Å²) in [6, 6.07) is 1.98. The highest BCUT2D eigenvalue weighted by molar-refractivity contribution is 9.10. The van der Waals surface area contributed by atoms with E-state index in [1.54, 1.807) is 0 Å². The van der Waals surface area contributed by atoms with Gasteiger partial charge in [-0.2, -0.15) is 0 Å². The summed E-state index contributed by atoms with van der Waals surface area (Å²) >= 11 is 2.91. The molecule has 100 valence electrons. The molecule has 1 rings (SSSR count). The van der Waals surface area contributed by atoms with Crippen molar-refractivity contribution < 1.29 is 23.4 Å². The van der Waals surface area contributed by atoms with Gasteiger partial charge in [-0.05, 0) is 12.1 Å². The first kappa shape index (κ1) is 15.0. The van der Waals surface area contributed by atoms with E-state index in [9.17, 15) is 18.7 Å². The minimum atomic E-state index is -0.972. The molecular formula is C11H12BrF2NO3. The number of rotatable bonds is 5. The smallest absolute Gasteiger partial charge is 0.257 e. The summed E-state index contributed by atoms with van der Waals surface area (Å²) in [5.41, 5.74) is -0.678. The van der Waals surface area contributed by atoms with Crippen molar-refractivity contribution in [1.82, 2.24) is 5.32 Å². The summed E-state index contributed by atoms with van der Waals surface area (Å²) in [6.07, 6.45) is -0.930. The van der Waals surface area contributed by atoms with Crippen LogP contribution in [0, 0.1) is 11.6 Å². The van der Waals surface area contributed by atoms with Gasteiger partial charge in [0.15, 0.2) is 0 Å². The molecule has 0 spiro atoms. The lowest BCUT2D eigenvalue weighted by atomic mass is 10.2. The van der Waals surface area contributed by atoms with Gasteiger partial charge in [-0.1, -0.05) is 15.9 Å². The normalized spacial score (nSPS) is 12.3. The van der Waals surface area contributed by atoms with Crippen LogP contribution in [0.5, 0.6) is 0 Å². The standard InChI is InChI=1S/C11H12BrF2NO3/c1-18-5-7(16)4-15-11(17)10-8(13)2-6(12)3-9(10)14/h2-3,7,16H,4-5H2,1H3,(H,15,17). The van der Waals surface area contributed by atoms with Crippen LogP contribution in [0.1, 0.15) is 10.4 Å². The Labute approximate surface area is 111 Å². The molecule has 0 fully saturated rings. The summed E-state index contributed by atoms with van der Waals surface area (Å²) in [7, 11) is 1.39. The van der Waals surface area contributed by atoms with Gasteiger partial charge in [0, 0.05) is 18.1 Å². The zero-order chi connectivity index (χ0) is 13.7. The van der Waals surface area contributed by atoms with E-state index in [-0.39, 0.29) is 17.6 Å². The summed E-state index contributed by atoms with van der Waals surface area (Å²) in [5.74, 6) is -2.87. The maximum absolute atomic E-state index is 13.4. The van der Waals surface area contributed by atoms with Crippen LogP contribution in [0.3, 0.4) is 0 Å². The highest BCUT2D eigenvalue weighted by Crippen LogP contribution is 2.19. The summed E-state index contributed by atoms with van der Waals surface area (Å²) in [5, 5.41) is 11.5. The van der Waals surface area contributed by atoms with Crippen LogP contribution >= 0.6 is 15.9 Å². The van der Waals surface area contributed by atoms with Crippen LogP contribution in [0.25, 0.3) is 0 Å². The average Bonchev–Trinajstić information content (AvgIpc) is 2.25. The molecule has 0 aliphatic carbocycles. The second-order valence-electron chi connectivity index (χ2n) is 3.56. The van der Waals surface area contributed by atoms with E-state index < -0.39 is 29.2 Å². The zero-order valence-electron chi connectivity index (χ0n) is 9.54. The molecule has 1 amide bonds. The Hall–Kier alpha value is -1.05. The van der Waals surface area contributed by atoms with Gasteiger partial charge in [-0.3, -0.25) is 4.79 Å². The van der Waals surface area contributed by atoms with E-state index in [0.717, 1.165) is 12.1 Å². The van der Waals surface area contributed by atoms with E-state index in [2.05, 4.69) is 26.0 Å². The fraction of sp³-hybridized carbons (Fsp3) is 0.364. The largest absolute Gasteiger partial charge is 0.389 e. The van der Waals surface area contributed by atoms with Crippen molar-refractivity contribution in [3.63, 3.8) is 0 Å². The molecule has 0 aromatic heterocycles. The number of nitrogens with one attached hydrogen (secondary N) is 1. The molecule has 1 atom stereocenters. The number of aliphatic hydroxyl groups excluding tert-OH is 1. The van der Waals surface area contributed by atoms with Crippen LogP contribution in [0.2, 0.25) is 0 Å². The monoisotopic (exact) mass is 323 g/mol. The molecular weight excluding hydrogens is 312 g/mol. The Balaban J connectivity index is 2.73. The number of benzene rings is 1. The predicted molar refractivity (Wildman–Crippen MR) is 64.3 cm³/mol. The molecule has 0 aliphatic rings. The van der Waals surface area contributed by atoms with Crippen molar-refractivity contribution in [2.45, 2.75) is 6.10 Å². The summed E-state index contributed by atoms with van der Waals surface area (Å²) < 4.78 is 31.7. The predicted octanol–water partition coefficient (Wildman–Crippen LogP) is 1.46. The maximum Gasteiger partial charge on any atom is 0.257 e. The Bertz CT molecular complexity index is 419. The second kappa shape index (κ2) is 6.77. The van der Waals surface area contributed by atoms with Crippen LogP contribution in [-0.2, 0) is 4.74 Å². The van der Waals surface area contributed by atoms with Gasteiger partial charge >= 0.3 is 0 Å². The van der Waals surface area contributed by atoms with Gasteiger partial charge in [0.1, 0.15) is 17.2 Å². The molecule has 0 saturated heterocycles. The number of methoxy groups -OCH3 is 1. The first-order chi connectivity index (χ1) is 8.45. The fourth-order valence-electron chi connectivity index (χ4n) is 1.31. The number of carbonyl (C=O) groups is 1. The first-order valence-corrected chi connectivity index (χ1v) is 5.84. The minimum Gasteiger partial charge on any atom is -0.389 e. The van der Waals surface area contributed by atoms with Crippen molar-refractivity contribution in [1.29, 1.82) is 0 Å². The fourth-order valence-corrected chi connectivity index (χ4v) is 1.71. The SMILES string of the molecule is COCC(O)CNC(=O)c1c(F)cc(Br)cc1F. The van der Waals surface area contributed by atoms with Crippen LogP contribution in [-0.4, -0.2) is 37.4 Å². The summed E-state index contributed by atoms with van der Waals surface area (Å²) in [4.78, 5) is 11.5. The maximum atomic E-state index is 13.4. The van der Waals surface area contributed by atoms with E-state index in [4.69, 9.17) is 0 Å². The molecule has 0 radical (unpaired) electrons. The molecule has 0 saturated carbocycles. The Kier molecular flexibility index (Phi) is 5.64. The Morgan fingerprint density at radius 1 is 1.50 bits per heavy atom. The summed E-state index contributed by atoms with van der Waals surface area (Å²) in [6.45, 7) is -0.132. The number of hydrogen-bond acceptors (Lipinski definition) is 3. The topological polar surface area (TPSA) is 58.6 Å². The lowest BCUT2D eigenvalue weighted by Gasteiger charge is -2.11. The van der Waals surface area contributed by atoms with E-state index >= 15 is 0 Å². The van der Waals surface area contributed by atoms with Crippen molar-refractivity contribution in [2.75, 3.05) is 20.3 Å². The lowest BCUT2D eigenvalue weighted by Crippen LogP contribution is -2.35. The molecule has 7 heteroatoms. The van der Waals surface area contributed by atoms with E-state index in [1.807, 2.05) is 0 Å². The molecule has 1 unspecified atom stereocenters. The number of carbonyl (C=O) groups excluding carboxylic acids is 1. The van der Waals surface area contributed by atoms with Crippen molar-refractivity contribution >= 4 is 21.8 Å². The van der Waals surface area contributed by atoms with Crippen molar-refractivity contribution in [2.24, 2.45) is 0 Å². The highest BCUT2D eigenvalue weighted by Gasteiger charge is 2.18. The Morgan fingerprint density at radius 2 is 2.06 bits per heavy atom. The van der Waals surface area contributed by atoms with Crippen molar-refractivity contribution in [3.8, 4) is 0 Å². The zero-order valence-corrected chi connectivity index (χ0v) is 11.1. The molecule has 1 aromatic carbocycles. The van der Waals surface area contributed by atoms with Gasteiger partial charge in [-0.25, -0.2) is 8.78 Å². The van der Waals surface area contributed by atoms with Crippen molar-refractivity contribution in [3.05, 3.63) is 33.8 Å². The van der Waals surface area contributed by atoms with Gasteiger partial charge in [0.2, 0.25) is 0 Å². The van der Waals surface area contributed by atoms with Gasteiger partial charge in [0.05, 0.1) is 12.7 Å². The number of ether oxygens (including phenoxy) is 1. The number of hydrogen-bond donors (Lipinski definition) is 2. The van der Waals surface area contributed by atoms with Gasteiger partial charge in [-0.15, -0.1) is 0 Å². The third-order valence-corrected chi connectivity index (χ3v) is 2.55. The third kappa shape index (κ3) is 4.01. The van der Waals surface area contributed by atoms with Crippen LogP contribution in [0.4, 0.5) is 8.78 Å². The van der Waals surface area contributed by atoms with E-state index in [1.165, 1.54) is 7.11 Å². The quantitative estimate of drug-likeness (QED) is 0.862. The third-order valence-electron chi connectivity index (χ3n) is 2.09. The van der Waals surface area contributed by atoms with Crippen LogP contribution in [0.15, 0.2) is 16.6 Å². The molecule has 0 aliphatic heterocycles.